The highest BCUT2D eigenvalue weighted by atomic mass is 32.2. The molecule has 2 fully saturated rings. The molecule has 2 heterocycles. The lowest BCUT2D eigenvalue weighted by Crippen LogP contribution is -2.44. The molecule has 1 aliphatic carbocycles. The Bertz CT molecular complexity index is 762. The lowest BCUT2D eigenvalue weighted by atomic mass is 10.2. The Balaban J connectivity index is 1.62. The van der Waals surface area contributed by atoms with Crippen LogP contribution in [0.15, 0.2) is 10.5 Å². The number of nitrogens with zero attached hydrogens (tertiary/aromatic N) is 1. The Morgan fingerprint density at radius 1 is 1.25 bits per heavy atom. The first kappa shape index (κ1) is 17.0. The summed E-state index contributed by atoms with van der Waals surface area (Å²) in [6, 6.07) is 1.35. The van der Waals surface area contributed by atoms with Gasteiger partial charge in [-0.05, 0) is 39.2 Å². The monoisotopic (exact) mass is 355 g/mol. The maximum atomic E-state index is 12.5. The van der Waals surface area contributed by atoms with Crippen molar-refractivity contribution in [2.75, 3.05) is 18.1 Å². The van der Waals surface area contributed by atoms with Gasteiger partial charge in [0.05, 0.1) is 11.5 Å². The van der Waals surface area contributed by atoms with Gasteiger partial charge in [0.25, 0.3) is 5.91 Å². The van der Waals surface area contributed by atoms with E-state index in [1.165, 1.54) is 0 Å². The summed E-state index contributed by atoms with van der Waals surface area (Å²) >= 11 is 0. The number of carbonyl (C=O) groups excluding carboxylic acids is 2. The standard InChI is InChI=1S/C16H21NO6S/c1-10-7-14(11(2)23-10)16(19)22-8-15(18)17(12-3-4-12)13-5-6-24(20,21)9-13/h7,12-13H,3-6,8-9H2,1-2H3/t13-/m1/s1. The van der Waals surface area contributed by atoms with E-state index in [0.717, 1.165) is 12.8 Å². The van der Waals surface area contributed by atoms with E-state index >= 15 is 0 Å². The van der Waals surface area contributed by atoms with Crippen molar-refractivity contribution in [3.8, 4) is 0 Å². The van der Waals surface area contributed by atoms with E-state index in [2.05, 4.69) is 0 Å². The van der Waals surface area contributed by atoms with Gasteiger partial charge in [-0.2, -0.15) is 0 Å². The fraction of sp³-hybridized carbons (Fsp3) is 0.625. The molecule has 24 heavy (non-hydrogen) atoms. The van der Waals surface area contributed by atoms with Crippen LogP contribution >= 0.6 is 0 Å². The van der Waals surface area contributed by atoms with Gasteiger partial charge in [0, 0.05) is 12.1 Å². The molecule has 8 heteroatoms. The largest absolute Gasteiger partial charge is 0.466 e. The van der Waals surface area contributed by atoms with Crippen LogP contribution in [0.1, 0.15) is 41.1 Å². The zero-order chi connectivity index (χ0) is 17.5. The van der Waals surface area contributed by atoms with Crippen LogP contribution < -0.4 is 0 Å². The average molecular weight is 355 g/mol. The van der Waals surface area contributed by atoms with E-state index in [0.29, 0.717) is 23.5 Å². The molecule has 1 atom stereocenters. The first-order valence-corrected chi connectivity index (χ1v) is 9.85. The van der Waals surface area contributed by atoms with E-state index in [9.17, 15) is 18.0 Å². The van der Waals surface area contributed by atoms with E-state index in [-0.39, 0.29) is 36.1 Å². The molecule has 0 spiro atoms. The summed E-state index contributed by atoms with van der Waals surface area (Å²) in [5, 5.41) is 0. The first-order chi connectivity index (χ1) is 11.3. The van der Waals surface area contributed by atoms with Gasteiger partial charge in [-0.3, -0.25) is 4.79 Å². The van der Waals surface area contributed by atoms with Gasteiger partial charge in [0.1, 0.15) is 17.1 Å². The molecule has 0 radical (unpaired) electrons. The number of esters is 1. The van der Waals surface area contributed by atoms with Crippen LogP contribution in [0.5, 0.6) is 0 Å². The second kappa shape index (κ2) is 6.23. The lowest BCUT2D eigenvalue weighted by Gasteiger charge is -2.28. The molecule has 1 aliphatic heterocycles. The molecule has 0 bridgehead atoms. The summed E-state index contributed by atoms with van der Waals surface area (Å²) in [6.07, 6.45) is 2.20. The van der Waals surface area contributed by atoms with E-state index in [4.69, 9.17) is 9.15 Å². The maximum absolute atomic E-state index is 12.5. The van der Waals surface area contributed by atoms with Gasteiger partial charge in [0.2, 0.25) is 0 Å². The van der Waals surface area contributed by atoms with Crippen LogP contribution in [0.3, 0.4) is 0 Å². The van der Waals surface area contributed by atoms with Gasteiger partial charge >= 0.3 is 5.97 Å². The summed E-state index contributed by atoms with van der Waals surface area (Å²) in [4.78, 5) is 26.2. The third kappa shape index (κ3) is 3.63. The normalized spacial score (nSPS) is 22.3. The third-order valence-corrected chi connectivity index (χ3v) is 6.17. The predicted molar refractivity (Wildman–Crippen MR) is 85.4 cm³/mol. The lowest BCUT2D eigenvalue weighted by molar-refractivity contribution is -0.137. The molecule has 2 aliphatic rings. The zero-order valence-electron chi connectivity index (χ0n) is 13.8. The van der Waals surface area contributed by atoms with Crippen molar-refractivity contribution >= 4 is 21.7 Å². The minimum atomic E-state index is -3.07. The van der Waals surface area contributed by atoms with Crippen molar-refractivity contribution in [2.24, 2.45) is 0 Å². The van der Waals surface area contributed by atoms with Crippen molar-refractivity contribution in [3.05, 3.63) is 23.2 Å². The molecular weight excluding hydrogens is 334 g/mol. The topological polar surface area (TPSA) is 93.9 Å². The van der Waals surface area contributed by atoms with Crippen LogP contribution in [0.2, 0.25) is 0 Å². The van der Waals surface area contributed by atoms with Crippen LogP contribution in [0.4, 0.5) is 0 Å². The fourth-order valence-electron chi connectivity index (χ4n) is 3.17. The number of carbonyl (C=O) groups is 2. The van der Waals surface area contributed by atoms with Gasteiger partial charge in [-0.25, -0.2) is 13.2 Å². The van der Waals surface area contributed by atoms with Crippen molar-refractivity contribution in [3.63, 3.8) is 0 Å². The molecule has 132 valence electrons. The SMILES string of the molecule is Cc1cc(C(=O)OCC(=O)N(C2CC2)[C@@H]2CCS(=O)(=O)C2)c(C)o1. The Morgan fingerprint density at radius 2 is 1.96 bits per heavy atom. The Kier molecular flexibility index (Phi) is 4.42. The Morgan fingerprint density at radius 3 is 2.46 bits per heavy atom. The van der Waals surface area contributed by atoms with E-state index in [1.54, 1.807) is 24.8 Å². The molecule has 1 saturated heterocycles. The number of ether oxygens (including phenoxy) is 1. The highest BCUT2D eigenvalue weighted by molar-refractivity contribution is 7.91. The Labute approximate surface area is 140 Å². The summed E-state index contributed by atoms with van der Waals surface area (Å²) < 4.78 is 33.7. The predicted octanol–water partition coefficient (Wildman–Crippen LogP) is 1.23. The number of amides is 1. The van der Waals surface area contributed by atoms with Crippen molar-refractivity contribution < 1.29 is 27.2 Å². The van der Waals surface area contributed by atoms with Gasteiger partial charge in [-0.15, -0.1) is 0 Å². The molecule has 7 nitrogen and oxygen atoms in total. The quantitative estimate of drug-likeness (QED) is 0.738. The smallest absolute Gasteiger partial charge is 0.342 e. The molecule has 1 aromatic rings. The number of aryl methyl sites for hydroxylation is 2. The zero-order valence-corrected chi connectivity index (χ0v) is 14.6. The number of hydrogen-bond donors (Lipinski definition) is 0. The van der Waals surface area contributed by atoms with E-state index < -0.39 is 15.8 Å². The molecule has 3 rings (SSSR count). The van der Waals surface area contributed by atoms with Gasteiger partial charge in [-0.1, -0.05) is 0 Å². The molecule has 0 unspecified atom stereocenters. The minimum absolute atomic E-state index is 0.00319. The summed E-state index contributed by atoms with van der Waals surface area (Å²) in [5.41, 5.74) is 0.307. The maximum Gasteiger partial charge on any atom is 0.342 e. The van der Waals surface area contributed by atoms with Crippen LogP contribution in [-0.4, -0.2) is 55.4 Å². The van der Waals surface area contributed by atoms with Crippen LogP contribution in [-0.2, 0) is 19.4 Å². The van der Waals surface area contributed by atoms with Crippen molar-refractivity contribution in [1.82, 2.24) is 4.90 Å². The van der Waals surface area contributed by atoms with Crippen molar-refractivity contribution in [1.29, 1.82) is 0 Å². The number of furan rings is 1. The Hall–Kier alpha value is -1.83. The second-order valence-electron chi connectivity index (χ2n) is 6.49. The number of rotatable bonds is 5. The minimum Gasteiger partial charge on any atom is -0.466 e. The fourth-order valence-corrected chi connectivity index (χ4v) is 4.88. The summed E-state index contributed by atoms with van der Waals surface area (Å²) in [7, 11) is -3.07. The summed E-state index contributed by atoms with van der Waals surface area (Å²) in [6.45, 7) is 3.01. The molecule has 1 amide bonds. The van der Waals surface area contributed by atoms with Gasteiger partial charge in [0.15, 0.2) is 16.4 Å². The highest BCUT2D eigenvalue weighted by Gasteiger charge is 2.42. The summed E-state index contributed by atoms with van der Waals surface area (Å²) in [5.74, 6) is 0.232. The van der Waals surface area contributed by atoms with E-state index in [1.807, 2.05) is 0 Å². The highest BCUT2D eigenvalue weighted by Crippen LogP contribution is 2.32. The number of sulfone groups is 1. The molecule has 0 aromatic carbocycles. The van der Waals surface area contributed by atoms with Gasteiger partial charge < -0.3 is 14.1 Å². The number of hydrogen-bond acceptors (Lipinski definition) is 6. The van der Waals surface area contributed by atoms with Crippen LogP contribution in [0.25, 0.3) is 0 Å². The molecule has 1 saturated carbocycles. The molecular formula is C16H21NO6S. The first-order valence-electron chi connectivity index (χ1n) is 8.02. The second-order valence-corrected chi connectivity index (χ2v) is 8.72. The average Bonchev–Trinajstić information content (AvgIpc) is 3.17. The van der Waals surface area contributed by atoms with Crippen molar-refractivity contribution in [2.45, 2.75) is 45.2 Å². The third-order valence-electron chi connectivity index (χ3n) is 4.42. The molecule has 0 N–H and O–H groups in total. The molecule has 1 aromatic heterocycles. The van der Waals surface area contributed by atoms with Crippen LogP contribution in [0, 0.1) is 13.8 Å².